The third kappa shape index (κ3) is 3.91. The van der Waals surface area contributed by atoms with Gasteiger partial charge in [0.2, 0.25) is 0 Å². The highest BCUT2D eigenvalue weighted by molar-refractivity contribution is 6.74. The molecule has 0 amide bonds. The second kappa shape index (κ2) is 5.29. The molecule has 0 bridgehead atoms. The Morgan fingerprint density at radius 2 is 1.82 bits per heavy atom. The van der Waals surface area contributed by atoms with Gasteiger partial charge < -0.3 is 9.53 Å². The number of hydrogen-bond acceptors (Lipinski definition) is 3. The summed E-state index contributed by atoms with van der Waals surface area (Å²) in [5.74, 6) is 0. The van der Waals surface area contributed by atoms with E-state index in [2.05, 4.69) is 38.8 Å². The van der Waals surface area contributed by atoms with Gasteiger partial charge in [-0.2, -0.15) is 0 Å². The van der Waals surface area contributed by atoms with Gasteiger partial charge in [-0.1, -0.05) is 20.8 Å². The summed E-state index contributed by atoms with van der Waals surface area (Å²) in [5.41, 5.74) is 0.860. The molecule has 0 fully saturated rings. The molecule has 3 nitrogen and oxygen atoms in total. The van der Waals surface area contributed by atoms with Crippen molar-refractivity contribution in [1.29, 1.82) is 0 Å². The Kier molecular flexibility index (Phi) is 4.46. The van der Waals surface area contributed by atoms with E-state index in [1.54, 1.807) is 12.4 Å². The fraction of sp³-hybridized carbons (Fsp3) is 0.615. The Morgan fingerprint density at radius 3 is 2.29 bits per heavy atom. The van der Waals surface area contributed by atoms with Crippen molar-refractivity contribution in [2.45, 2.75) is 45.0 Å². The van der Waals surface area contributed by atoms with Gasteiger partial charge >= 0.3 is 0 Å². The van der Waals surface area contributed by atoms with Gasteiger partial charge in [0.05, 0.1) is 6.61 Å². The largest absolute Gasteiger partial charge is 0.414 e. The zero-order chi connectivity index (χ0) is 13.1. The second-order valence-electron chi connectivity index (χ2n) is 5.87. The van der Waals surface area contributed by atoms with E-state index < -0.39 is 14.4 Å². The van der Waals surface area contributed by atoms with E-state index in [9.17, 15) is 5.11 Å². The highest BCUT2D eigenvalue weighted by Gasteiger charge is 2.37. The van der Waals surface area contributed by atoms with E-state index >= 15 is 0 Å². The van der Waals surface area contributed by atoms with Crippen molar-refractivity contribution >= 4 is 8.32 Å². The van der Waals surface area contributed by atoms with Crippen LogP contribution in [0.25, 0.3) is 0 Å². The molecule has 0 saturated heterocycles. The van der Waals surface area contributed by atoms with Gasteiger partial charge in [0.15, 0.2) is 8.32 Å². The van der Waals surface area contributed by atoms with E-state index in [-0.39, 0.29) is 5.04 Å². The monoisotopic (exact) mass is 253 g/mol. The van der Waals surface area contributed by atoms with Crippen LogP contribution in [0.1, 0.15) is 32.4 Å². The number of aromatic nitrogens is 1. The molecule has 4 heteroatoms. The van der Waals surface area contributed by atoms with Gasteiger partial charge in [0.1, 0.15) is 6.10 Å². The number of nitrogens with zero attached hydrogens (tertiary/aromatic N) is 1. The summed E-state index contributed by atoms with van der Waals surface area (Å²) in [5, 5.41) is 10.2. The molecule has 0 aromatic carbocycles. The van der Waals surface area contributed by atoms with Crippen LogP contribution in [0.5, 0.6) is 0 Å². The summed E-state index contributed by atoms with van der Waals surface area (Å²) in [6.45, 7) is 11.3. The zero-order valence-electron chi connectivity index (χ0n) is 11.4. The van der Waals surface area contributed by atoms with Crippen molar-refractivity contribution in [3.63, 3.8) is 0 Å². The molecule has 0 aliphatic rings. The average Bonchev–Trinajstić information content (AvgIpc) is 2.25. The van der Waals surface area contributed by atoms with Crippen LogP contribution in [0.3, 0.4) is 0 Å². The highest BCUT2D eigenvalue weighted by Crippen LogP contribution is 2.37. The standard InChI is InChI=1S/C13H23NO2Si/c1-13(2,3)17(4,5)16-10-12(15)11-6-8-14-9-7-11/h6-9,12,15H,10H2,1-5H3. The third-order valence-electron chi connectivity index (χ3n) is 3.50. The van der Waals surface area contributed by atoms with Crippen molar-refractivity contribution < 1.29 is 9.53 Å². The first-order chi connectivity index (χ1) is 7.74. The van der Waals surface area contributed by atoms with Crippen LogP contribution in [-0.2, 0) is 4.43 Å². The molecule has 1 aromatic heterocycles. The lowest BCUT2D eigenvalue weighted by molar-refractivity contribution is 0.100. The molecular weight excluding hydrogens is 230 g/mol. The maximum atomic E-state index is 10.0. The third-order valence-corrected chi connectivity index (χ3v) is 8.00. The van der Waals surface area contributed by atoms with Gasteiger partial charge in [0.25, 0.3) is 0 Å². The van der Waals surface area contributed by atoms with Crippen LogP contribution in [0.15, 0.2) is 24.5 Å². The molecular formula is C13H23NO2Si. The fourth-order valence-electron chi connectivity index (χ4n) is 1.19. The van der Waals surface area contributed by atoms with Crippen molar-refractivity contribution in [2.24, 2.45) is 0 Å². The van der Waals surface area contributed by atoms with Crippen LogP contribution in [-0.4, -0.2) is 25.0 Å². The first kappa shape index (κ1) is 14.3. The average molecular weight is 253 g/mol. The number of aliphatic hydroxyl groups excluding tert-OH is 1. The molecule has 1 rings (SSSR count). The minimum atomic E-state index is -1.78. The van der Waals surface area contributed by atoms with E-state index in [0.717, 1.165) is 5.56 Å². The van der Waals surface area contributed by atoms with Gasteiger partial charge in [-0.05, 0) is 35.8 Å². The number of rotatable bonds is 4. The molecule has 17 heavy (non-hydrogen) atoms. The predicted octanol–water partition coefficient (Wildman–Crippen LogP) is 3.14. The van der Waals surface area contributed by atoms with Crippen molar-refractivity contribution in [2.75, 3.05) is 6.61 Å². The van der Waals surface area contributed by atoms with E-state index in [1.807, 2.05) is 12.1 Å². The van der Waals surface area contributed by atoms with Gasteiger partial charge in [0, 0.05) is 12.4 Å². The maximum absolute atomic E-state index is 10.0. The van der Waals surface area contributed by atoms with E-state index in [4.69, 9.17) is 4.43 Å². The Labute approximate surface area is 105 Å². The molecule has 0 saturated carbocycles. The predicted molar refractivity (Wildman–Crippen MR) is 72.3 cm³/mol. The summed E-state index contributed by atoms with van der Waals surface area (Å²) in [7, 11) is -1.78. The minimum Gasteiger partial charge on any atom is -0.414 e. The van der Waals surface area contributed by atoms with E-state index in [0.29, 0.717) is 6.61 Å². The van der Waals surface area contributed by atoms with Crippen LogP contribution in [0.2, 0.25) is 18.1 Å². The Bertz CT molecular complexity index is 346. The van der Waals surface area contributed by atoms with Crippen LogP contribution in [0.4, 0.5) is 0 Å². The van der Waals surface area contributed by atoms with Crippen LogP contribution >= 0.6 is 0 Å². The lowest BCUT2D eigenvalue weighted by Gasteiger charge is -2.36. The number of hydrogen-bond donors (Lipinski definition) is 1. The lowest BCUT2D eigenvalue weighted by atomic mass is 10.2. The number of pyridine rings is 1. The highest BCUT2D eigenvalue weighted by atomic mass is 28.4. The summed E-state index contributed by atoms with van der Waals surface area (Å²) in [4.78, 5) is 3.93. The van der Waals surface area contributed by atoms with E-state index in [1.165, 1.54) is 0 Å². The molecule has 0 spiro atoms. The topological polar surface area (TPSA) is 42.4 Å². The van der Waals surface area contributed by atoms with Crippen molar-refractivity contribution in [3.05, 3.63) is 30.1 Å². The quantitative estimate of drug-likeness (QED) is 0.838. The fourth-order valence-corrected chi connectivity index (χ4v) is 2.19. The molecule has 1 heterocycles. The summed E-state index contributed by atoms with van der Waals surface area (Å²) < 4.78 is 5.98. The van der Waals surface area contributed by atoms with Gasteiger partial charge in [-0.3, -0.25) is 4.98 Å². The number of aliphatic hydroxyl groups is 1. The smallest absolute Gasteiger partial charge is 0.192 e. The molecule has 1 unspecified atom stereocenters. The maximum Gasteiger partial charge on any atom is 0.192 e. The van der Waals surface area contributed by atoms with Crippen LogP contribution in [0, 0.1) is 0 Å². The SMILES string of the molecule is CC(C)(C)[Si](C)(C)OCC(O)c1ccncc1. The van der Waals surface area contributed by atoms with Gasteiger partial charge in [-0.25, -0.2) is 0 Å². The lowest BCUT2D eigenvalue weighted by Crippen LogP contribution is -2.41. The van der Waals surface area contributed by atoms with Crippen molar-refractivity contribution in [3.8, 4) is 0 Å². The zero-order valence-corrected chi connectivity index (χ0v) is 12.4. The Hall–Kier alpha value is -0.713. The minimum absolute atomic E-state index is 0.172. The van der Waals surface area contributed by atoms with Crippen molar-refractivity contribution in [1.82, 2.24) is 4.98 Å². The molecule has 0 radical (unpaired) electrons. The van der Waals surface area contributed by atoms with Gasteiger partial charge in [-0.15, -0.1) is 0 Å². The van der Waals surface area contributed by atoms with Crippen LogP contribution < -0.4 is 0 Å². The molecule has 0 aliphatic heterocycles. The molecule has 1 atom stereocenters. The molecule has 96 valence electrons. The summed E-state index contributed by atoms with van der Waals surface area (Å²) in [6.07, 6.45) is 2.81. The first-order valence-corrected chi connectivity index (χ1v) is 8.87. The summed E-state index contributed by atoms with van der Waals surface area (Å²) >= 11 is 0. The summed E-state index contributed by atoms with van der Waals surface area (Å²) in [6, 6.07) is 3.64. The molecule has 1 N–H and O–H groups in total. The normalized spacial score (nSPS) is 14.7. The Morgan fingerprint density at radius 1 is 1.29 bits per heavy atom. The Balaban J connectivity index is 2.58. The molecule has 0 aliphatic carbocycles. The first-order valence-electron chi connectivity index (χ1n) is 5.96. The second-order valence-corrected chi connectivity index (χ2v) is 10.7. The molecule has 1 aromatic rings.